The van der Waals surface area contributed by atoms with Crippen molar-refractivity contribution in [3.8, 4) is 0 Å². The molecule has 1 heterocycles. The van der Waals surface area contributed by atoms with Gasteiger partial charge in [-0.1, -0.05) is 31.5 Å². The minimum absolute atomic E-state index is 0.111. The fourth-order valence-electron chi connectivity index (χ4n) is 1.75. The van der Waals surface area contributed by atoms with Crippen molar-refractivity contribution >= 4 is 10.9 Å². The second-order valence-electron chi connectivity index (χ2n) is 3.78. The second-order valence-corrected chi connectivity index (χ2v) is 3.78. The molecule has 2 N–H and O–H groups in total. The first-order chi connectivity index (χ1) is 7.13. The topological polar surface area (TPSA) is 36.0 Å². The predicted molar refractivity (Wildman–Crippen MR) is 58.2 cm³/mol. The molecule has 0 saturated heterocycles. The van der Waals surface area contributed by atoms with Crippen LogP contribution in [0.2, 0.25) is 0 Å². The van der Waals surface area contributed by atoms with E-state index in [1.165, 1.54) is 0 Å². The van der Waals surface area contributed by atoms with Gasteiger partial charge in [0.05, 0.1) is 5.69 Å². The molecule has 2 nitrogen and oxygen atoms in total. The summed E-state index contributed by atoms with van der Waals surface area (Å²) in [6.07, 6.45) is 0.711. The molecule has 1 aromatic carbocycles. The van der Waals surface area contributed by atoms with Crippen LogP contribution < -0.4 is 0 Å². The van der Waals surface area contributed by atoms with E-state index in [1.807, 2.05) is 31.2 Å². The van der Waals surface area contributed by atoms with Crippen molar-refractivity contribution in [3.63, 3.8) is 0 Å². The Morgan fingerprint density at radius 3 is 2.80 bits per heavy atom. The maximum atomic E-state index is 13.8. The number of halogens is 1. The number of H-pyrrole nitrogens is 1. The fraction of sp³-hybridized carbons (Fsp3) is 0.333. The lowest BCUT2D eigenvalue weighted by molar-refractivity contribution is -0.105. The van der Waals surface area contributed by atoms with Gasteiger partial charge in [-0.3, -0.25) is 0 Å². The molecule has 0 bridgehead atoms. The Morgan fingerprint density at radius 1 is 1.40 bits per heavy atom. The van der Waals surface area contributed by atoms with E-state index in [4.69, 9.17) is 0 Å². The summed E-state index contributed by atoms with van der Waals surface area (Å²) in [5.74, 6) is -2.24. The highest BCUT2D eigenvalue weighted by atomic mass is 19.2. The highest BCUT2D eigenvalue weighted by Gasteiger charge is 2.29. The molecule has 0 amide bonds. The SMILES string of the molecule is CCCC(O)(F)c1cc2ccccc2[nH]1. The van der Waals surface area contributed by atoms with Crippen molar-refractivity contribution in [2.75, 3.05) is 0 Å². The summed E-state index contributed by atoms with van der Waals surface area (Å²) in [6.45, 7) is 1.84. The van der Waals surface area contributed by atoms with Gasteiger partial charge in [-0.2, -0.15) is 0 Å². The smallest absolute Gasteiger partial charge is 0.247 e. The van der Waals surface area contributed by atoms with Crippen LogP contribution >= 0.6 is 0 Å². The number of para-hydroxylation sites is 1. The van der Waals surface area contributed by atoms with Crippen LogP contribution in [-0.2, 0) is 5.85 Å². The summed E-state index contributed by atoms with van der Waals surface area (Å²) in [5, 5.41) is 10.5. The van der Waals surface area contributed by atoms with Crippen molar-refractivity contribution in [2.24, 2.45) is 0 Å². The highest BCUT2D eigenvalue weighted by Crippen LogP contribution is 2.29. The summed E-state index contributed by atoms with van der Waals surface area (Å²) >= 11 is 0. The minimum atomic E-state index is -2.24. The van der Waals surface area contributed by atoms with E-state index < -0.39 is 5.85 Å². The average molecular weight is 207 g/mol. The summed E-state index contributed by atoms with van der Waals surface area (Å²) in [4.78, 5) is 2.90. The van der Waals surface area contributed by atoms with E-state index in [9.17, 15) is 9.50 Å². The van der Waals surface area contributed by atoms with Gasteiger partial charge in [0, 0.05) is 11.9 Å². The minimum Gasteiger partial charge on any atom is -0.357 e. The highest BCUT2D eigenvalue weighted by molar-refractivity contribution is 5.80. The number of fused-ring (bicyclic) bond motifs is 1. The summed E-state index contributed by atoms with van der Waals surface area (Å²) in [5.41, 5.74) is 1.09. The summed E-state index contributed by atoms with van der Waals surface area (Å²) < 4.78 is 13.8. The fourth-order valence-corrected chi connectivity index (χ4v) is 1.75. The lowest BCUT2D eigenvalue weighted by atomic mass is 10.1. The van der Waals surface area contributed by atoms with Crippen LogP contribution in [0.4, 0.5) is 4.39 Å². The van der Waals surface area contributed by atoms with Crippen LogP contribution in [0.15, 0.2) is 30.3 Å². The number of hydrogen-bond donors (Lipinski definition) is 2. The molecule has 15 heavy (non-hydrogen) atoms. The van der Waals surface area contributed by atoms with Crippen LogP contribution in [0.25, 0.3) is 10.9 Å². The normalized spacial score (nSPS) is 15.4. The first kappa shape index (κ1) is 10.2. The number of aliphatic hydroxyl groups is 1. The molecule has 0 aliphatic rings. The molecule has 2 aromatic rings. The number of rotatable bonds is 3. The van der Waals surface area contributed by atoms with E-state index in [0.717, 1.165) is 10.9 Å². The van der Waals surface area contributed by atoms with E-state index in [1.54, 1.807) is 6.07 Å². The Morgan fingerprint density at radius 2 is 2.13 bits per heavy atom. The number of aromatic amines is 1. The molecule has 3 heteroatoms. The number of benzene rings is 1. The number of aromatic nitrogens is 1. The zero-order valence-corrected chi connectivity index (χ0v) is 8.63. The molecule has 0 fully saturated rings. The van der Waals surface area contributed by atoms with Gasteiger partial charge in [0.25, 0.3) is 0 Å². The monoisotopic (exact) mass is 207 g/mol. The van der Waals surface area contributed by atoms with E-state index in [2.05, 4.69) is 4.98 Å². The molecule has 0 saturated carbocycles. The predicted octanol–water partition coefficient (Wildman–Crippen LogP) is 3.08. The molecule has 0 spiro atoms. The average Bonchev–Trinajstić information content (AvgIpc) is 2.61. The maximum Gasteiger partial charge on any atom is 0.247 e. The molecule has 2 rings (SSSR count). The van der Waals surface area contributed by atoms with E-state index >= 15 is 0 Å². The van der Waals surface area contributed by atoms with Crippen LogP contribution in [0.5, 0.6) is 0 Å². The molecular weight excluding hydrogens is 193 g/mol. The van der Waals surface area contributed by atoms with Gasteiger partial charge >= 0.3 is 0 Å². The molecule has 0 radical (unpaired) electrons. The maximum absolute atomic E-state index is 13.8. The molecular formula is C12H14FNO. The number of alkyl halides is 1. The molecule has 1 atom stereocenters. The quantitative estimate of drug-likeness (QED) is 0.797. The van der Waals surface area contributed by atoms with Crippen molar-refractivity contribution in [2.45, 2.75) is 25.6 Å². The Balaban J connectivity index is 2.44. The van der Waals surface area contributed by atoms with Gasteiger partial charge in [-0.25, -0.2) is 4.39 Å². The van der Waals surface area contributed by atoms with E-state index in [-0.39, 0.29) is 12.1 Å². The second kappa shape index (κ2) is 3.66. The van der Waals surface area contributed by atoms with Crippen LogP contribution in [0, 0.1) is 0 Å². The van der Waals surface area contributed by atoms with Crippen molar-refractivity contribution in [1.82, 2.24) is 4.98 Å². The summed E-state index contributed by atoms with van der Waals surface area (Å²) in [7, 11) is 0. The first-order valence-corrected chi connectivity index (χ1v) is 5.13. The van der Waals surface area contributed by atoms with Gasteiger partial charge in [-0.05, 0) is 17.5 Å². The van der Waals surface area contributed by atoms with Crippen LogP contribution in [0.1, 0.15) is 25.5 Å². The number of nitrogens with one attached hydrogen (secondary N) is 1. The van der Waals surface area contributed by atoms with Crippen molar-refractivity contribution < 1.29 is 9.50 Å². The summed E-state index contributed by atoms with van der Waals surface area (Å²) in [6, 6.07) is 9.17. The molecule has 80 valence electrons. The zero-order valence-electron chi connectivity index (χ0n) is 8.63. The molecule has 0 aliphatic heterocycles. The van der Waals surface area contributed by atoms with Crippen LogP contribution in [0.3, 0.4) is 0 Å². The Labute approximate surface area is 87.7 Å². The Kier molecular flexibility index (Phi) is 2.49. The largest absolute Gasteiger partial charge is 0.357 e. The third kappa shape index (κ3) is 1.88. The molecule has 1 unspecified atom stereocenters. The van der Waals surface area contributed by atoms with Gasteiger partial charge in [0.15, 0.2) is 0 Å². The Bertz CT molecular complexity index is 428. The van der Waals surface area contributed by atoms with Gasteiger partial charge < -0.3 is 10.1 Å². The van der Waals surface area contributed by atoms with Gasteiger partial charge in [-0.15, -0.1) is 0 Å². The van der Waals surface area contributed by atoms with Crippen molar-refractivity contribution in [3.05, 3.63) is 36.0 Å². The third-order valence-electron chi connectivity index (χ3n) is 2.52. The van der Waals surface area contributed by atoms with E-state index in [0.29, 0.717) is 6.42 Å². The molecule has 0 aliphatic carbocycles. The molecule has 1 aromatic heterocycles. The standard InChI is InChI=1S/C12H14FNO/c1-2-7-12(13,15)11-8-9-5-3-4-6-10(9)14-11/h3-6,8,14-15H,2,7H2,1H3. The number of hydrogen-bond acceptors (Lipinski definition) is 1. The Hall–Kier alpha value is -1.35. The van der Waals surface area contributed by atoms with Crippen molar-refractivity contribution in [1.29, 1.82) is 0 Å². The van der Waals surface area contributed by atoms with Crippen LogP contribution in [-0.4, -0.2) is 10.1 Å². The zero-order chi connectivity index (χ0) is 10.9. The lowest BCUT2D eigenvalue weighted by Crippen LogP contribution is -2.19. The lowest BCUT2D eigenvalue weighted by Gasteiger charge is -2.15. The van der Waals surface area contributed by atoms with Gasteiger partial charge in [0.2, 0.25) is 5.85 Å². The first-order valence-electron chi connectivity index (χ1n) is 5.13. The van der Waals surface area contributed by atoms with Gasteiger partial charge in [0.1, 0.15) is 0 Å². The third-order valence-corrected chi connectivity index (χ3v) is 2.52.